The van der Waals surface area contributed by atoms with Gasteiger partial charge in [-0.1, -0.05) is 0 Å². The number of pyridine rings is 1. The lowest BCUT2D eigenvalue weighted by atomic mass is 10.0. The minimum atomic E-state index is -0.382. The van der Waals surface area contributed by atoms with E-state index in [2.05, 4.69) is 4.98 Å². The average molecular weight is 320 g/mol. The fraction of sp³-hybridized carbons (Fsp3) is 0.412. The lowest BCUT2D eigenvalue weighted by Gasteiger charge is -2.27. The molecule has 2 aromatic rings. The predicted octanol–water partition coefficient (Wildman–Crippen LogP) is 2.22. The molecule has 0 saturated carbocycles. The van der Waals surface area contributed by atoms with Crippen LogP contribution in [0.5, 0.6) is 0 Å². The first kappa shape index (κ1) is 17.1. The Morgan fingerprint density at radius 1 is 1.43 bits per heavy atom. The zero-order valence-corrected chi connectivity index (χ0v) is 13.6. The largest absolute Gasteiger partial charge is 0.469 e. The van der Waals surface area contributed by atoms with Crippen molar-refractivity contribution < 1.29 is 19.0 Å². The number of benzene rings is 1. The van der Waals surface area contributed by atoms with E-state index in [1.807, 2.05) is 18.7 Å². The van der Waals surface area contributed by atoms with Gasteiger partial charge in [0.25, 0.3) is 0 Å². The summed E-state index contributed by atoms with van der Waals surface area (Å²) in [5.74, 6) is -0.750. The second kappa shape index (κ2) is 7.37. The van der Waals surface area contributed by atoms with E-state index in [1.54, 1.807) is 6.07 Å². The molecule has 0 bridgehead atoms. The summed E-state index contributed by atoms with van der Waals surface area (Å²) in [5, 5.41) is 9.95. The van der Waals surface area contributed by atoms with Crippen molar-refractivity contribution in [3.05, 3.63) is 35.3 Å². The highest BCUT2D eigenvalue weighted by molar-refractivity contribution is 5.95. The van der Waals surface area contributed by atoms with Crippen molar-refractivity contribution in [1.82, 2.24) is 4.98 Å². The summed E-state index contributed by atoms with van der Waals surface area (Å²) in [7, 11) is 1.33. The number of hydrogen-bond donors (Lipinski definition) is 1. The van der Waals surface area contributed by atoms with Gasteiger partial charge in [-0.3, -0.25) is 9.78 Å². The van der Waals surface area contributed by atoms with Crippen molar-refractivity contribution in [2.24, 2.45) is 0 Å². The fourth-order valence-corrected chi connectivity index (χ4v) is 2.72. The van der Waals surface area contributed by atoms with Gasteiger partial charge in [0.05, 0.1) is 31.3 Å². The fourth-order valence-electron chi connectivity index (χ4n) is 2.72. The van der Waals surface area contributed by atoms with Gasteiger partial charge >= 0.3 is 5.97 Å². The van der Waals surface area contributed by atoms with Crippen LogP contribution in [-0.4, -0.2) is 42.9 Å². The van der Waals surface area contributed by atoms with E-state index in [9.17, 15) is 14.3 Å². The number of aromatic nitrogens is 1. The van der Waals surface area contributed by atoms with E-state index in [4.69, 9.17) is 4.74 Å². The first-order valence-electron chi connectivity index (χ1n) is 7.53. The molecule has 0 unspecified atom stereocenters. The van der Waals surface area contributed by atoms with Gasteiger partial charge in [0.2, 0.25) is 0 Å². The van der Waals surface area contributed by atoms with Crippen molar-refractivity contribution >= 4 is 22.6 Å². The number of aryl methyl sites for hydroxylation is 1. The molecule has 0 aliphatic heterocycles. The van der Waals surface area contributed by atoms with E-state index < -0.39 is 0 Å². The molecule has 6 heteroatoms. The summed E-state index contributed by atoms with van der Waals surface area (Å²) < 4.78 is 18.5. The number of halogens is 1. The number of esters is 1. The van der Waals surface area contributed by atoms with Crippen LogP contribution in [0.15, 0.2) is 18.2 Å². The average Bonchev–Trinajstić information content (AvgIpc) is 2.54. The van der Waals surface area contributed by atoms with E-state index in [0.29, 0.717) is 35.2 Å². The normalized spacial score (nSPS) is 10.8. The van der Waals surface area contributed by atoms with E-state index >= 15 is 0 Å². The lowest BCUT2D eigenvalue weighted by Crippen LogP contribution is -2.28. The SMILES string of the molecule is CCN(CCO)c1c(CC(=O)OC)c(C)nc2ccc(F)cc12. The van der Waals surface area contributed by atoms with Gasteiger partial charge in [0, 0.05) is 29.7 Å². The minimum absolute atomic E-state index is 0.0380. The van der Waals surface area contributed by atoms with Gasteiger partial charge in [-0.05, 0) is 32.0 Å². The molecule has 1 aromatic heterocycles. The van der Waals surface area contributed by atoms with Gasteiger partial charge in [-0.15, -0.1) is 0 Å². The number of carbonyl (C=O) groups excluding carboxylic acids is 1. The van der Waals surface area contributed by atoms with Crippen LogP contribution >= 0.6 is 0 Å². The number of methoxy groups -OCH3 is 1. The van der Waals surface area contributed by atoms with Crippen LogP contribution in [0.3, 0.4) is 0 Å². The zero-order chi connectivity index (χ0) is 17.0. The quantitative estimate of drug-likeness (QED) is 0.827. The van der Waals surface area contributed by atoms with Crippen LogP contribution in [0.1, 0.15) is 18.2 Å². The van der Waals surface area contributed by atoms with Crippen LogP contribution in [-0.2, 0) is 16.0 Å². The number of aliphatic hydroxyl groups is 1. The molecule has 0 aliphatic carbocycles. The molecule has 2 rings (SSSR count). The number of likely N-dealkylation sites (N-methyl/N-ethyl adjacent to an activating group) is 1. The molecule has 0 saturated heterocycles. The molecule has 0 amide bonds. The summed E-state index contributed by atoms with van der Waals surface area (Å²) >= 11 is 0. The standard InChI is InChI=1S/C17H21FN2O3/c1-4-20(7-8-21)17-13(10-16(22)23-3)11(2)19-15-6-5-12(18)9-14(15)17/h5-6,9,21H,4,7-8,10H2,1-3H3. The van der Waals surface area contributed by atoms with E-state index in [1.165, 1.54) is 19.2 Å². The van der Waals surface area contributed by atoms with Crippen LogP contribution in [0, 0.1) is 12.7 Å². The molecular weight excluding hydrogens is 299 g/mol. The third-order valence-electron chi connectivity index (χ3n) is 3.84. The number of anilines is 1. The van der Waals surface area contributed by atoms with Crippen LogP contribution in [0.25, 0.3) is 10.9 Å². The second-order valence-electron chi connectivity index (χ2n) is 5.24. The molecule has 0 fully saturated rings. The number of ether oxygens (including phenoxy) is 1. The van der Waals surface area contributed by atoms with Gasteiger partial charge in [-0.25, -0.2) is 4.39 Å². The lowest BCUT2D eigenvalue weighted by molar-refractivity contribution is -0.139. The number of carbonyl (C=O) groups is 1. The number of fused-ring (bicyclic) bond motifs is 1. The highest BCUT2D eigenvalue weighted by atomic mass is 19.1. The van der Waals surface area contributed by atoms with Crippen molar-refractivity contribution in [2.45, 2.75) is 20.3 Å². The summed E-state index contributed by atoms with van der Waals surface area (Å²) in [6.07, 6.45) is 0.0546. The van der Waals surface area contributed by atoms with Gasteiger partial charge in [-0.2, -0.15) is 0 Å². The van der Waals surface area contributed by atoms with Crippen molar-refractivity contribution in [3.63, 3.8) is 0 Å². The summed E-state index contributed by atoms with van der Waals surface area (Å²) in [5.41, 5.74) is 2.78. The Morgan fingerprint density at radius 3 is 2.78 bits per heavy atom. The number of rotatable bonds is 6. The topological polar surface area (TPSA) is 62.7 Å². The third kappa shape index (κ3) is 3.59. The van der Waals surface area contributed by atoms with E-state index in [-0.39, 0.29) is 24.8 Å². The van der Waals surface area contributed by atoms with Crippen LogP contribution < -0.4 is 4.90 Å². The van der Waals surface area contributed by atoms with Gasteiger partial charge in [0.15, 0.2) is 0 Å². The van der Waals surface area contributed by atoms with E-state index in [0.717, 1.165) is 5.69 Å². The molecule has 0 aliphatic rings. The molecule has 1 N–H and O–H groups in total. The van der Waals surface area contributed by atoms with Crippen molar-refractivity contribution in [1.29, 1.82) is 0 Å². The Labute approximate surface area is 134 Å². The van der Waals surface area contributed by atoms with Gasteiger partial charge < -0.3 is 14.7 Å². The third-order valence-corrected chi connectivity index (χ3v) is 3.84. The Hall–Kier alpha value is -2.21. The number of aliphatic hydroxyl groups excluding tert-OH is 1. The first-order valence-corrected chi connectivity index (χ1v) is 7.53. The Kier molecular flexibility index (Phi) is 5.50. The molecule has 5 nitrogen and oxygen atoms in total. The molecule has 0 atom stereocenters. The Morgan fingerprint density at radius 2 is 2.17 bits per heavy atom. The maximum Gasteiger partial charge on any atom is 0.310 e. The zero-order valence-electron chi connectivity index (χ0n) is 13.6. The predicted molar refractivity (Wildman–Crippen MR) is 87.1 cm³/mol. The molecule has 124 valence electrons. The summed E-state index contributed by atoms with van der Waals surface area (Å²) in [4.78, 5) is 18.2. The number of hydrogen-bond acceptors (Lipinski definition) is 5. The summed E-state index contributed by atoms with van der Waals surface area (Å²) in [6, 6.07) is 4.40. The minimum Gasteiger partial charge on any atom is -0.469 e. The van der Waals surface area contributed by atoms with Crippen LogP contribution in [0.2, 0.25) is 0 Å². The van der Waals surface area contributed by atoms with Gasteiger partial charge in [0.1, 0.15) is 5.82 Å². The highest BCUT2D eigenvalue weighted by Gasteiger charge is 2.20. The molecule has 1 heterocycles. The molecular formula is C17H21FN2O3. The summed E-state index contributed by atoms with van der Waals surface area (Å²) in [6.45, 7) is 4.73. The van der Waals surface area contributed by atoms with Crippen molar-refractivity contribution in [2.75, 3.05) is 31.7 Å². The molecule has 0 radical (unpaired) electrons. The maximum atomic E-state index is 13.7. The number of nitrogens with zero attached hydrogens (tertiary/aromatic N) is 2. The van der Waals surface area contributed by atoms with Crippen molar-refractivity contribution in [3.8, 4) is 0 Å². The molecule has 0 spiro atoms. The van der Waals surface area contributed by atoms with Crippen LogP contribution in [0.4, 0.5) is 10.1 Å². The smallest absolute Gasteiger partial charge is 0.310 e. The molecule has 1 aromatic carbocycles. The Balaban J connectivity index is 2.74. The second-order valence-corrected chi connectivity index (χ2v) is 5.24. The maximum absolute atomic E-state index is 13.7. The molecule has 23 heavy (non-hydrogen) atoms. The monoisotopic (exact) mass is 320 g/mol. The Bertz CT molecular complexity index is 719. The highest BCUT2D eigenvalue weighted by Crippen LogP contribution is 2.33. The first-order chi connectivity index (χ1) is 11.0.